The van der Waals surface area contributed by atoms with Crippen molar-refractivity contribution >= 4 is 22.4 Å². The molecular formula is C19H21N5O. The van der Waals surface area contributed by atoms with Crippen molar-refractivity contribution in [2.45, 2.75) is 6.92 Å². The molecule has 1 aromatic carbocycles. The second-order valence-electron chi connectivity index (χ2n) is 6.21. The second-order valence-corrected chi connectivity index (χ2v) is 6.21. The van der Waals surface area contributed by atoms with Crippen molar-refractivity contribution in [3.63, 3.8) is 0 Å². The van der Waals surface area contributed by atoms with Crippen molar-refractivity contribution in [3.8, 4) is 5.88 Å². The highest BCUT2D eigenvalue weighted by atomic mass is 16.5. The van der Waals surface area contributed by atoms with Gasteiger partial charge in [0, 0.05) is 54.9 Å². The van der Waals surface area contributed by atoms with Crippen LogP contribution >= 0.6 is 0 Å². The normalized spacial score (nSPS) is 14.8. The fourth-order valence-corrected chi connectivity index (χ4v) is 3.27. The number of aromatic nitrogens is 3. The molecule has 0 bridgehead atoms. The summed E-state index contributed by atoms with van der Waals surface area (Å²) in [5, 5.41) is 2.42. The zero-order chi connectivity index (χ0) is 17.2. The van der Waals surface area contributed by atoms with Crippen LogP contribution in [0.2, 0.25) is 0 Å². The lowest BCUT2D eigenvalue weighted by Gasteiger charge is -2.36. The molecule has 1 fully saturated rings. The molecule has 0 spiro atoms. The first-order valence-corrected chi connectivity index (χ1v) is 8.47. The minimum atomic E-state index is 0.614. The summed E-state index contributed by atoms with van der Waals surface area (Å²) in [5.74, 6) is 1.36. The number of nitrogens with zero attached hydrogens (tertiary/aromatic N) is 5. The number of hydrogen-bond donors (Lipinski definition) is 0. The van der Waals surface area contributed by atoms with Crippen molar-refractivity contribution in [1.82, 2.24) is 15.0 Å². The topological polar surface area (TPSA) is 54.4 Å². The van der Waals surface area contributed by atoms with Crippen LogP contribution in [0.15, 0.2) is 42.7 Å². The van der Waals surface area contributed by atoms with Gasteiger partial charge >= 0.3 is 0 Å². The van der Waals surface area contributed by atoms with Gasteiger partial charge in [-0.1, -0.05) is 24.3 Å². The number of fused-ring (bicyclic) bond motifs is 1. The number of hydrogen-bond acceptors (Lipinski definition) is 6. The van der Waals surface area contributed by atoms with E-state index in [9.17, 15) is 0 Å². The first-order valence-electron chi connectivity index (χ1n) is 8.47. The van der Waals surface area contributed by atoms with Crippen LogP contribution in [0.4, 0.5) is 11.6 Å². The van der Waals surface area contributed by atoms with Crippen LogP contribution in [0.5, 0.6) is 5.88 Å². The number of pyridine rings is 1. The Morgan fingerprint density at radius 1 is 0.960 bits per heavy atom. The lowest BCUT2D eigenvalue weighted by molar-refractivity contribution is 0.396. The SMILES string of the molecule is COc1cc(C)nc(N2CCN(c3cncc4ccccc34)CC2)n1. The van der Waals surface area contributed by atoms with Gasteiger partial charge in [0.2, 0.25) is 11.8 Å². The molecule has 2 aromatic heterocycles. The van der Waals surface area contributed by atoms with Crippen LogP contribution in [-0.2, 0) is 0 Å². The van der Waals surface area contributed by atoms with Gasteiger partial charge in [-0.2, -0.15) is 4.98 Å². The van der Waals surface area contributed by atoms with Crippen molar-refractivity contribution in [2.24, 2.45) is 0 Å². The standard InChI is InChI=1S/C19H21N5O/c1-14-11-18(25-2)22-19(21-14)24-9-7-23(8-10-24)17-13-20-12-15-5-3-4-6-16(15)17/h3-6,11-13H,7-10H2,1-2H3. The number of anilines is 2. The molecule has 0 unspecified atom stereocenters. The Balaban J connectivity index is 1.54. The predicted molar refractivity (Wildman–Crippen MR) is 99.5 cm³/mol. The Morgan fingerprint density at radius 2 is 1.72 bits per heavy atom. The average Bonchev–Trinajstić information content (AvgIpc) is 2.67. The van der Waals surface area contributed by atoms with Gasteiger partial charge in [0.25, 0.3) is 0 Å². The maximum atomic E-state index is 5.27. The zero-order valence-corrected chi connectivity index (χ0v) is 14.5. The maximum Gasteiger partial charge on any atom is 0.228 e. The number of methoxy groups -OCH3 is 1. The third-order valence-corrected chi connectivity index (χ3v) is 4.58. The molecule has 0 N–H and O–H groups in total. The number of piperazine rings is 1. The van der Waals surface area contributed by atoms with E-state index >= 15 is 0 Å². The van der Waals surface area contributed by atoms with Crippen molar-refractivity contribution in [1.29, 1.82) is 0 Å². The van der Waals surface area contributed by atoms with Gasteiger partial charge in [-0.05, 0) is 6.92 Å². The van der Waals surface area contributed by atoms with E-state index in [0.29, 0.717) is 5.88 Å². The largest absolute Gasteiger partial charge is 0.481 e. The quantitative estimate of drug-likeness (QED) is 0.733. The minimum absolute atomic E-state index is 0.614. The molecule has 0 atom stereocenters. The Hall–Kier alpha value is -2.89. The fourth-order valence-electron chi connectivity index (χ4n) is 3.27. The van der Waals surface area contributed by atoms with Crippen molar-refractivity contribution < 1.29 is 4.74 Å². The highest BCUT2D eigenvalue weighted by Crippen LogP contribution is 2.27. The molecule has 6 heteroatoms. The third kappa shape index (κ3) is 3.07. The summed E-state index contributed by atoms with van der Waals surface area (Å²) >= 11 is 0. The summed E-state index contributed by atoms with van der Waals surface area (Å²) < 4.78 is 5.27. The minimum Gasteiger partial charge on any atom is -0.481 e. The second kappa shape index (κ2) is 6.55. The van der Waals surface area contributed by atoms with Crippen LogP contribution in [0.25, 0.3) is 10.8 Å². The smallest absolute Gasteiger partial charge is 0.228 e. The lowest BCUT2D eigenvalue weighted by Crippen LogP contribution is -2.47. The van der Waals surface area contributed by atoms with E-state index < -0.39 is 0 Å². The zero-order valence-electron chi connectivity index (χ0n) is 14.5. The van der Waals surface area contributed by atoms with Crippen LogP contribution in [0, 0.1) is 6.92 Å². The monoisotopic (exact) mass is 335 g/mol. The molecule has 0 aliphatic carbocycles. The summed E-state index contributed by atoms with van der Waals surface area (Å²) in [5.41, 5.74) is 2.11. The molecule has 1 aliphatic rings. The van der Waals surface area contributed by atoms with Crippen molar-refractivity contribution in [3.05, 3.63) is 48.4 Å². The Morgan fingerprint density at radius 3 is 2.52 bits per heavy atom. The first-order chi connectivity index (χ1) is 12.2. The Bertz CT molecular complexity index is 885. The van der Waals surface area contributed by atoms with Crippen LogP contribution in [-0.4, -0.2) is 48.2 Å². The fraction of sp³-hybridized carbons (Fsp3) is 0.316. The summed E-state index contributed by atoms with van der Waals surface area (Å²) in [7, 11) is 1.64. The van der Waals surface area contributed by atoms with Gasteiger partial charge in [-0.15, -0.1) is 0 Å². The summed E-state index contributed by atoms with van der Waals surface area (Å²) in [6, 6.07) is 10.2. The summed E-state index contributed by atoms with van der Waals surface area (Å²) in [4.78, 5) is 18.0. The van der Waals surface area contributed by atoms with E-state index in [2.05, 4.69) is 43.0 Å². The van der Waals surface area contributed by atoms with Crippen LogP contribution in [0.1, 0.15) is 5.69 Å². The third-order valence-electron chi connectivity index (χ3n) is 4.58. The lowest BCUT2D eigenvalue weighted by atomic mass is 10.1. The number of ether oxygens (including phenoxy) is 1. The molecule has 4 rings (SSSR count). The summed E-state index contributed by atoms with van der Waals surface area (Å²) in [6.45, 7) is 5.53. The van der Waals surface area contributed by atoms with Gasteiger partial charge in [-0.3, -0.25) is 4.98 Å². The number of benzene rings is 1. The molecule has 0 radical (unpaired) electrons. The molecule has 3 aromatic rings. The van der Waals surface area contributed by atoms with Crippen molar-refractivity contribution in [2.75, 3.05) is 43.1 Å². The molecule has 3 heterocycles. The molecule has 1 aliphatic heterocycles. The summed E-state index contributed by atoms with van der Waals surface area (Å²) in [6.07, 6.45) is 3.88. The Labute approximate surface area is 147 Å². The van der Waals surface area contributed by atoms with Gasteiger partial charge in [0.05, 0.1) is 19.0 Å². The predicted octanol–water partition coefficient (Wildman–Crippen LogP) is 2.67. The van der Waals surface area contributed by atoms with Gasteiger partial charge < -0.3 is 14.5 Å². The van der Waals surface area contributed by atoms with E-state index in [1.54, 1.807) is 7.11 Å². The van der Waals surface area contributed by atoms with E-state index in [4.69, 9.17) is 4.74 Å². The molecular weight excluding hydrogens is 314 g/mol. The van der Waals surface area contributed by atoms with E-state index in [1.165, 1.54) is 16.5 Å². The maximum absolute atomic E-state index is 5.27. The van der Waals surface area contributed by atoms with Gasteiger partial charge in [0.15, 0.2) is 0 Å². The molecule has 0 saturated carbocycles. The van der Waals surface area contributed by atoms with Gasteiger partial charge in [0.1, 0.15) is 0 Å². The highest BCUT2D eigenvalue weighted by Gasteiger charge is 2.21. The molecule has 128 valence electrons. The molecule has 25 heavy (non-hydrogen) atoms. The average molecular weight is 335 g/mol. The molecule has 6 nitrogen and oxygen atoms in total. The molecule has 1 saturated heterocycles. The van der Waals surface area contributed by atoms with E-state index in [1.807, 2.05) is 31.5 Å². The Kier molecular flexibility index (Phi) is 4.09. The number of aryl methyl sites for hydroxylation is 1. The van der Waals surface area contributed by atoms with Gasteiger partial charge in [-0.25, -0.2) is 4.98 Å². The first kappa shape index (κ1) is 15.6. The number of rotatable bonds is 3. The van der Waals surface area contributed by atoms with Crippen LogP contribution < -0.4 is 14.5 Å². The highest BCUT2D eigenvalue weighted by molar-refractivity contribution is 5.93. The van der Waals surface area contributed by atoms with Crippen LogP contribution in [0.3, 0.4) is 0 Å². The van der Waals surface area contributed by atoms with E-state index in [0.717, 1.165) is 37.8 Å². The molecule has 0 amide bonds. The van der Waals surface area contributed by atoms with E-state index in [-0.39, 0.29) is 0 Å².